The Kier molecular flexibility index (Phi) is 8.80. The first-order valence-corrected chi connectivity index (χ1v) is 9.38. The Bertz CT molecular complexity index is 625. The number of likely N-dealkylation sites (tertiary alicyclic amines) is 1. The van der Waals surface area contributed by atoms with Gasteiger partial charge in [0.05, 0.1) is 6.54 Å². The van der Waals surface area contributed by atoms with Crippen LogP contribution in [-0.4, -0.2) is 56.0 Å². The van der Waals surface area contributed by atoms with Crippen LogP contribution >= 0.6 is 0 Å². The molecule has 1 fully saturated rings. The van der Waals surface area contributed by atoms with Crippen molar-refractivity contribution in [2.45, 2.75) is 39.2 Å². The van der Waals surface area contributed by atoms with Crippen LogP contribution in [0.15, 0.2) is 29.3 Å². The van der Waals surface area contributed by atoms with E-state index in [4.69, 9.17) is 4.74 Å². The van der Waals surface area contributed by atoms with Crippen molar-refractivity contribution in [3.8, 4) is 5.75 Å². The third-order valence-corrected chi connectivity index (χ3v) is 4.11. The predicted molar refractivity (Wildman–Crippen MR) is 101 cm³/mol. The molecule has 27 heavy (non-hydrogen) atoms. The Morgan fingerprint density at radius 1 is 1.37 bits per heavy atom. The Morgan fingerprint density at radius 2 is 2.22 bits per heavy atom. The molecule has 0 bridgehead atoms. The average Bonchev–Trinajstić information content (AvgIpc) is 3.06. The molecule has 6 nitrogen and oxygen atoms in total. The number of rotatable bonds is 10. The molecule has 2 rings (SSSR count). The molecule has 0 radical (unpaired) electrons. The van der Waals surface area contributed by atoms with E-state index in [0.29, 0.717) is 31.2 Å². The lowest BCUT2D eigenvalue weighted by Gasteiger charge is -2.16. The number of nitrogens with zero attached hydrogens (tertiary/aromatic N) is 2. The maximum Gasteiger partial charge on any atom is 0.272 e. The van der Waals surface area contributed by atoms with Crippen LogP contribution in [0.1, 0.15) is 31.7 Å². The highest BCUT2D eigenvalue weighted by Gasteiger charge is 2.18. The number of guanidine groups is 1. The van der Waals surface area contributed by atoms with Crippen molar-refractivity contribution >= 4 is 11.9 Å². The molecule has 150 valence electrons. The summed E-state index contributed by atoms with van der Waals surface area (Å²) in [6.07, 6.45) is -0.0200. The van der Waals surface area contributed by atoms with Crippen LogP contribution in [0.2, 0.25) is 0 Å². The summed E-state index contributed by atoms with van der Waals surface area (Å²) in [5.74, 6) is 1.34. The molecule has 1 aliphatic rings. The second kappa shape index (κ2) is 11.4. The van der Waals surface area contributed by atoms with E-state index in [1.807, 2.05) is 17.9 Å². The highest BCUT2D eigenvalue weighted by atomic mass is 19.3. The molecule has 1 saturated heterocycles. The van der Waals surface area contributed by atoms with E-state index >= 15 is 0 Å². The quantitative estimate of drug-likeness (QED) is 0.371. The molecule has 1 amide bonds. The van der Waals surface area contributed by atoms with Crippen molar-refractivity contribution in [1.29, 1.82) is 0 Å². The first-order valence-electron chi connectivity index (χ1n) is 9.38. The molecule has 0 unspecified atom stereocenters. The van der Waals surface area contributed by atoms with Crippen molar-refractivity contribution in [2.24, 2.45) is 4.99 Å². The van der Waals surface area contributed by atoms with Crippen LogP contribution in [0.25, 0.3) is 0 Å². The number of carbonyl (C=O) groups is 1. The van der Waals surface area contributed by atoms with Gasteiger partial charge in [-0.05, 0) is 37.5 Å². The summed E-state index contributed by atoms with van der Waals surface area (Å²) < 4.78 is 29.5. The molecular formula is C19H28F2N4O2. The molecule has 0 aliphatic carbocycles. The maximum absolute atomic E-state index is 12.2. The topological polar surface area (TPSA) is 66.0 Å². The highest BCUT2D eigenvalue weighted by molar-refractivity contribution is 5.79. The van der Waals surface area contributed by atoms with Gasteiger partial charge in [0.15, 0.2) is 5.96 Å². The number of ether oxygens (including phenoxy) is 1. The van der Waals surface area contributed by atoms with Crippen molar-refractivity contribution in [3.05, 3.63) is 29.8 Å². The number of hydrogen-bond acceptors (Lipinski definition) is 3. The van der Waals surface area contributed by atoms with Gasteiger partial charge < -0.3 is 20.3 Å². The number of amides is 1. The van der Waals surface area contributed by atoms with Gasteiger partial charge in [-0.15, -0.1) is 0 Å². The van der Waals surface area contributed by atoms with Gasteiger partial charge in [-0.2, -0.15) is 0 Å². The molecule has 0 aromatic heterocycles. The van der Waals surface area contributed by atoms with Crippen molar-refractivity contribution in [2.75, 3.05) is 32.8 Å². The van der Waals surface area contributed by atoms with E-state index in [2.05, 4.69) is 15.6 Å². The molecular weight excluding hydrogens is 354 g/mol. The van der Waals surface area contributed by atoms with Crippen molar-refractivity contribution < 1.29 is 18.3 Å². The van der Waals surface area contributed by atoms with E-state index in [-0.39, 0.29) is 5.91 Å². The number of alkyl halides is 2. The van der Waals surface area contributed by atoms with Gasteiger partial charge in [0.1, 0.15) is 12.4 Å². The molecule has 0 atom stereocenters. The largest absolute Gasteiger partial charge is 0.488 e. The smallest absolute Gasteiger partial charge is 0.272 e. The molecule has 2 N–H and O–H groups in total. The zero-order valence-corrected chi connectivity index (χ0v) is 15.7. The van der Waals surface area contributed by atoms with Gasteiger partial charge in [-0.25, -0.2) is 13.8 Å². The monoisotopic (exact) mass is 382 g/mol. The van der Waals surface area contributed by atoms with Gasteiger partial charge in [-0.1, -0.05) is 12.1 Å². The van der Waals surface area contributed by atoms with E-state index in [0.717, 1.165) is 38.0 Å². The van der Waals surface area contributed by atoms with Gasteiger partial charge in [0.2, 0.25) is 5.91 Å². The zero-order valence-electron chi connectivity index (χ0n) is 15.7. The fourth-order valence-electron chi connectivity index (χ4n) is 2.82. The Hall–Kier alpha value is -2.38. The third kappa shape index (κ3) is 7.80. The lowest BCUT2D eigenvalue weighted by atomic mass is 10.2. The summed E-state index contributed by atoms with van der Waals surface area (Å²) in [7, 11) is 0. The lowest BCUT2D eigenvalue weighted by molar-refractivity contribution is -0.127. The Labute approximate surface area is 159 Å². The summed E-state index contributed by atoms with van der Waals surface area (Å²) in [6.45, 7) is 4.84. The first kappa shape index (κ1) is 20.9. The van der Waals surface area contributed by atoms with E-state index in [1.165, 1.54) is 0 Å². The van der Waals surface area contributed by atoms with Crippen molar-refractivity contribution in [3.63, 3.8) is 0 Å². The normalized spacial score (nSPS) is 14.7. The van der Waals surface area contributed by atoms with E-state index < -0.39 is 13.0 Å². The minimum atomic E-state index is -2.49. The van der Waals surface area contributed by atoms with Crippen LogP contribution < -0.4 is 15.4 Å². The predicted octanol–water partition coefficient (Wildman–Crippen LogP) is 2.40. The summed E-state index contributed by atoms with van der Waals surface area (Å²) in [5, 5.41) is 6.43. The second-order valence-corrected chi connectivity index (χ2v) is 6.31. The Balaban J connectivity index is 1.79. The molecule has 0 saturated carbocycles. The minimum Gasteiger partial charge on any atom is -0.488 e. The fraction of sp³-hybridized carbons (Fsp3) is 0.579. The lowest BCUT2D eigenvalue weighted by Crippen LogP contribution is -2.39. The summed E-state index contributed by atoms with van der Waals surface area (Å²) >= 11 is 0. The Morgan fingerprint density at radius 3 is 2.93 bits per heavy atom. The van der Waals surface area contributed by atoms with Gasteiger partial charge in [0, 0.05) is 32.6 Å². The van der Waals surface area contributed by atoms with Gasteiger partial charge in [0.25, 0.3) is 6.43 Å². The van der Waals surface area contributed by atoms with Crippen LogP contribution in [-0.2, 0) is 11.3 Å². The third-order valence-electron chi connectivity index (χ3n) is 4.11. The van der Waals surface area contributed by atoms with Crippen LogP contribution in [0.5, 0.6) is 5.75 Å². The molecule has 0 spiro atoms. The molecule has 1 aromatic carbocycles. The summed E-state index contributed by atoms with van der Waals surface area (Å²) in [5.41, 5.74) is 0.877. The maximum atomic E-state index is 12.2. The number of halogens is 2. The van der Waals surface area contributed by atoms with Gasteiger partial charge >= 0.3 is 0 Å². The van der Waals surface area contributed by atoms with Gasteiger partial charge in [-0.3, -0.25) is 4.79 Å². The zero-order chi connectivity index (χ0) is 19.5. The first-order chi connectivity index (χ1) is 13.1. The SMILES string of the molecule is CCNC(=NCc1cccc(OCC(F)F)c1)NCCCN1CCCC1=O. The summed E-state index contributed by atoms with van der Waals surface area (Å²) in [4.78, 5) is 18.0. The van der Waals surface area contributed by atoms with Crippen molar-refractivity contribution in [1.82, 2.24) is 15.5 Å². The number of carbonyl (C=O) groups excluding carboxylic acids is 1. The minimum absolute atomic E-state index is 0.240. The molecule has 8 heteroatoms. The molecule has 1 heterocycles. The second-order valence-electron chi connectivity index (χ2n) is 6.31. The molecule has 1 aliphatic heterocycles. The highest BCUT2D eigenvalue weighted by Crippen LogP contribution is 2.15. The standard InChI is InChI=1S/C19H28F2N4O2/c1-2-22-19(23-9-5-11-25-10-4-8-18(25)26)24-13-15-6-3-7-16(12-15)27-14-17(20)21/h3,6-7,12,17H,2,4-5,8-11,13-14H2,1H3,(H2,22,23,24). The van der Waals surface area contributed by atoms with E-state index in [1.54, 1.807) is 18.2 Å². The van der Waals surface area contributed by atoms with Crippen LogP contribution in [0.4, 0.5) is 8.78 Å². The fourth-order valence-corrected chi connectivity index (χ4v) is 2.82. The number of benzene rings is 1. The van der Waals surface area contributed by atoms with E-state index in [9.17, 15) is 13.6 Å². The summed E-state index contributed by atoms with van der Waals surface area (Å²) in [6, 6.07) is 7.01. The average molecular weight is 382 g/mol. The number of hydrogen-bond donors (Lipinski definition) is 2. The van der Waals surface area contributed by atoms with Crippen LogP contribution in [0.3, 0.4) is 0 Å². The van der Waals surface area contributed by atoms with Crippen LogP contribution in [0, 0.1) is 0 Å². The number of aliphatic imine (C=N–C) groups is 1. The molecule has 1 aromatic rings. The number of nitrogens with one attached hydrogen (secondary N) is 2.